The molecule has 0 unspecified atom stereocenters. The van der Waals surface area contributed by atoms with Crippen LogP contribution in [-0.2, 0) is 9.53 Å². The average Bonchev–Trinajstić information content (AvgIpc) is 2.60. The van der Waals surface area contributed by atoms with Gasteiger partial charge in [-0.1, -0.05) is 30.3 Å². The predicted octanol–water partition coefficient (Wildman–Crippen LogP) is 2.37. The molecule has 6 heteroatoms. The first-order chi connectivity index (χ1) is 11.5. The highest BCUT2D eigenvalue weighted by atomic mass is 19.1. The van der Waals surface area contributed by atoms with Crippen LogP contribution in [0.25, 0.3) is 0 Å². The average molecular weight is 329 g/mol. The third kappa shape index (κ3) is 4.74. The van der Waals surface area contributed by atoms with Gasteiger partial charge in [0.05, 0.1) is 0 Å². The molecule has 0 bridgehead atoms. The maximum Gasteiger partial charge on any atom is 0.328 e. The maximum absolute atomic E-state index is 13.1. The van der Waals surface area contributed by atoms with Crippen LogP contribution in [0.1, 0.15) is 27.6 Å². The fraction of sp³-hybridized carbons (Fsp3) is 0.167. The van der Waals surface area contributed by atoms with E-state index < -0.39 is 36.1 Å². The number of rotatable bonds is 6. The third-order valence-corrected chi connectivity index (χ3v) is 3.23. The topological polar surface area (TPSA) is 72.5 Å². The van der Waals surface area contributed by atoms with Gasteiger partial charge in [-0.2, -0.15) is 0 Å². The van der Waals surface area contributed by atoms with Crippen molar-refractivity contribution in [3.05, 3.63) is 71.5 Å². The fourth-order valence-corrected chi connectivity index (χ4v) is 1.94. The molecule has 5 nitrogen and oxygen atoms in total. The van der Waals surface area contributed by atoms with Crippen LogP contribution in [0, 0.1) is 5.82 Å². The second kappa shape index (κ2) is 8.01. The quantitative estimate of drug-likeness (QED) is 0.652. The van der Waals surface area contributed by atoms with Gasteiger partial charge in [0.15, 0.2) is 12.4 Å². The van der Waals surface area contributed by atoms with Gasteiger partial charge in [0, 0.05) is 11.1 Å². The standard InChI is InChI=1S/C18H16FNO4/c1-12(20-17(22)13-6-3-2-4-7-13)18(23)24-11-16(21)14-8-5-9-15(19)10-14/h2-10,12H,11H2,1H3,(H,20,22)/t12-/m0/s1. The van der Waals surface area contributed by atoms with Crippen LogP contribution in [0.2, 0.25) is 0 Å². The molecule has 124 valence electrons. The number of nitrogens with one attached hydrogen (secondary N) is 1. The van der Waals surface area contributed by atoms with E-state index in [0.717, 1.165) is 6.07 Å². The molecule has 2 rings (SSSR count). The van der Waals surface area contributed by atoms with Gasteiger partial charge in [0.1, 0.15) is 11.9 Å². The van der Waals surface area contributed by atoms with E-state index in [9.17, 15) is 18.8 Å². The largest absolute Gasteiger partial charge is 0.456 e. The zero-order valence-electron chi connectivity index (χ0n) is 13.0. The Morgan fingerprint density at radius 1 is 1.04 bits per heavy atom. The Balaban J connectivity index is 1.85. The fourth-order valence-electron chi connectivity index (χ4n) is 1.94. The molecule has 24 heavy (non-hydrogen) atoms. The Morgan fingerprint density at radius 3 is 2.38 bits per heavy atom. The van der Waals surface area contributed by atoms with Gasteiger partial charge in [-0.15, -0.1) is 0 Å². The van der Waals surface area contributed by atoms with Crippen LogP contribution < -0.4 is 5.32 Å². The highest BCUT2D eigenvalue weighted by molar-refractivity contribution is 5.99. The van der Waals surface area contributed by atoms with Crippen LogP contribution in [0.15, 0.2) is 54.6 Å². The lowest BCUT2D eigenvalue weighted by molar-refractivity contribution is -0.144. The number of amides is 1. The van der Waals surface area contributed by atoms with E-state index in [1.54, 1.807) is 30.3 Å². The Labute approximate surface area is 138 Å². The van der Waals surface area contributed by atoms with Crippen molar-refractivity contribution in [1.29, 1.82) is 0 Å². The third-order valence-electron chi connectivity index (χ3n) is 3.23. The molecule has 0 aliphatic rings. The van der Waals surface area contributed by atoms with Gasteiger partial charge in [0.25, 0.3) is 5.91 Å². The van der Waals surface area contributed by atoms with Crippen molar-refractivity contribution >= 4 is 17.7 Å². The summed E-state index contributed by atoms with van der Waals surface area (Å²) in [5.41, 5.74) is 0.525. The lowest BCUT2D eigenvalue weighted by Crippen LogP contribution is -2.40. The van der Waals surface area contributed by atoms with E-state index in [0.29, 0.717) is 5.56 Å². The summed E-state index contributed by atoms with van der Waals surface area (Å²) in [5, 5.41) is 2.48. The maximum atomic E-state index is 13.1. The van der Waals surface area contributed by atoms with E-state index in [2.05, 4.69) is 5.32 Å². The molecule has 1 N–H and O–H groups in total. The molecule has 0 saturated carbocycles. The molecule has 0 radical (unpaired) electrons. The zero-order chi connectivity index (χ0) is 17.5. The van der Waals surface area contributed by atoms with Gasteiger partial charge in [-0.05, 0) is 31.2 Å². The molecule has 2 aromatic rings. The molecule has 0 aromatic heterocycles. The molecular weight excluding hydrogens is 313 g/mol. The van der Waals surface area contributed by atoms with E-state index in [1.165, 1.54) is 25.1 Å². The predicted molar refractivity (Wildman–Crippen MR) is 85.1 cm³/mol. The summed E-state index contributed by atoms with van der Waals surface area (Å²) in [6, 6.07) is 12.6. The highest BCUT2D eigenvalue weighted by Crippen LogP contribution is 2.05. The normalized spacial score (nSPS) is 11.4. The summed E-state index contributed by atoms with van der Waals surface area (Å²) in [4.78, 5) is 35.6. The minimum absolute atomic E-state index is 0.115. The number of ether oxygens (including phenoxy) is 1. The van der Waals surface area contributed by atoms with Crippen LogP contribution in [0.5, 0.6) is 0 Å². The van der Waals surface area contributed by atoms with Crippen molar-refractivity contribution in [2.24, 2.45) is 0 Å². The van der Waals surface area contributed by atoms with Crippen molar-refractivity contribution in [3.8, 4) is 0 Å². The summed E-state index contributed by atoms with van der Waals surface area (Å²) >= 11 is 0. The van der Waals surface area contributed by atoms with Crippen LogP contribution >= 0.6 is 0 Å². The number of esters is 1. The molecule has 0 heterocycles. The molecule has 0 saturated heterocycles. The lowest BCUT2D eigenvalue weighted by Gasteiger charge is -2.13. The van der Waals surface area contributed by atoms with Gasteiger partial charge in [0.2, 0.25) is 0 Å². The van der Waals surface area contributed by atoms with Gasteiger partial charge >= 0.3 is 5.97 Å². The van der Waals surface area contributed by atoms with Crippen LogP contribution in [0.4, 0.5) is 4.39 Å². The number of halogens is 1. The van der Waals surface area contributed by atoms with E-state index in [1.807, 2.05) is 0 Å². The van der Waals surface area contributed by atoms with E-state index in [-0.39, 0.29) is 5.56 Å². The number of ketones is 1. The summed E-state index contributed by atoms with van der Waals surface area (Å²) in [5.74, 6) is -2.24. The Morgan fingerprint density at radius 2 is 1.71 bits per heavy atom. The van der Waals surface area contributed by atoms with Crippen LogP contribution in [0.3, 0.4) is 0 Å². The zero-order valence-corrected chi connectivity index (χ0v) is 13.0. The van der Waals surface area contributed by atoms with Crippen molar-refractivity contribution < 1.29 is 23.5 Å². The Hall–Kier alpha value is -3.02. The first-order valence-electron chi connectivity index (χ1n) is 7.28. The van der Waals surface area contributed by atoms with Gasteiger partial charge in [-0.25, -0.2) is 9.18 Å². The molecule has 0 aliphatic heterocycles. The van der Waals surface area contributed by atoms with E-state index >= 15 is 0 Å². The van der Waals surface area contributed by atoms with Crippen molar-refractivity contribution in [1.82, 2.24) is 5.32 Å². The van der Waals surface area contributed by atoms with E-state index in [4.69, 9.17) is 4.74 Å². The summed E-state index contributed by atoms with van der Waals surface area (Å²) in [6.45, 7) is 0.934. The number of hydrogen-bond donors (Lipinski definition) is 1. The molecule has 2 aromatic carbocycles. The molecular formula is C18H16FNO4. The number of benzene rings is 2. The van der Waals surface area contributed by atoms with Crippen molar-refractivity contribution in [3.63, 3.8) is 0 Å². The monoisotopic (exact) mass is 329 g/mol. The first kappa shape index (κ1) is 17.3. The van der Waals surface area contributed by atoms with Gasteiger partial charge in [-0.3, -0.25) is 9.59 Å². The number of Topliss-reactive ketones (excluding diaryl/α,β-unsaturated/α-hetero) is 1. The molecule has 0 fully saturated rings. The second-order valence-corrected chi connectivity index (χ2v) is 5.10. The van der Waals surface area contributed by atoms with Gasteiger partial charge < -0.3 is 10.1 Å². The minimum atomic E-state index is -0.919. The second-order valence-electron chi connectivity index (χ2n) is 5.10. The lowest BCUT2D eigenvalue weighted by atomic mass is 10.1. The number of carbonyl (C=O) groups excluding carboxylic acids is 3. The summed E-state index contributed by atoms with van der Waals surface area (Å²) in [6.07, 6.45) is 0. The molecule has 1 atom stereocenters. The highest BCUT2D eigenvalue weighted by Gasteiger charge is 2.19. The smallest absolute Gasteiger partial charge is 0.328 e. The molecule has 0 aliphatic carbocycles. The van der Waals surface area contributed by atoms with Crippen molar-refractivity contribution in [2.75, 3.05) is 6.61 Å². The first-order valence-corrected chi connectivity index (χ1v) is 7.28. The summed E-state index contributed by atoms with van der Waals surface area (Å²) < 4.78 is 17.9. The van der Waals surface area contributed by atoms with Crippen LogP contribution in [-0.4, -0.2) is 30.3 Å². The molecule has 0 spiro atoms. The number of hydrogen-bond acceptors (Lipinski definition) is 4. The summed E-state index contributed by atoms with van der Waals surface area (Å²) in [7, 11) is 0. The number of carbonyl (C=O) groups is 3. The Bertz CT molecular complexity index is 746. The SMILES string of the molecule is C[C@H](NC(=O)c1ccccc1)C(=O)OCC(=O)c1cccc(F)c1. The van der Waals surface area contributed by atoms with Crippen molar-refractivity contribution in [2.45, 2.75) is 13.0 Å². The minimum Gasteiger partial charge on any atom is -0.456 e. The Kier molecular flexibility index (Phi) is 5.78. The molecule has 1 amide bonds.